The smallest absolute Gasteiger partial charge is 0.164 e. The maximum atomic E-state index is 5.06. The second-order valence-electron chi connectivity index (χ2n) is 13.6. The van der Waals surface area contributed by atoms with Crippen molar-refractivity contribution in [3.05, 3.63) is 164 Å². The topological polar surface area (TPSA) is 48.0 Å². The third-order valence-corrected chi connectivity index (χ3v) is 10.8. The zero-order valence-corrected chi connectivity index (χ0v) is 27.8. The Morgan fingerprint density at radius 3 is 1.63 bits per heavy atom. The standard InChI is InChI=1S/C47H27N5/c1-3-11-30(12-4-1)45-48-46(31-13-5-2-6-14-31)50-47(49-45)32-16-9-17-33(27-32)51-38-25-22-28-15-10-20-37-40(28)42(38)43-39(51)26-23-29-21-24-35-34-18-7-8-19-36(34)52(37)44(35)41(29)43/h1-27H. The van der Waals surface area contributed by atoms with Crippen LogP contribution in [0.4, 0.5) is 0 Å². The van der Waals surface area contributed by atoms with Crippen LogP contribution in [-0.4, -0.2) is 23.9 Å². The Balaban J connectivity index is 1.17. The zero-order valence-electron chi connectivity index (χ0n) is 27.8. The summed E-state index contributed by atoms with van der Waals surface area (Å²) in [6.45, 7) is 0. The first-order chi connectivity index (χ1) is 25.8. The minimum atomic E-state index is 0.640. The third-order valence-electron chi connectivity index (χ3n) is 10.8. The lowest BCUT2D eigenvalue weighted by Crippen LogP contribution is -2.01. The van der Waals surface area contributed by atoms with Gasteiger partial charge in [0.25, 0.3) is 0 Å². The molecule has 4 aromatic heterocycles. The van der Waals surface area contributed by atoms with Crippen LogP contribution in [-0.2, 0) is 0 Å². The number of fused-ring (bicyclic) bond motifs is 4. The van der Waals surface area contributed by atoms with Crippen molar-refractivity contribution in [2.24, 2.45) is 0 Å². The van der Waals surface area contributed by atoms with Gasteiger partial charge in [0.15, 0.2) is 17.5 Å². The minimum Gasteiger partial charge on any atom is -0.309 e. The van der Waals surface area contributed by atoms with Crippen LogP contribution < -0.4 is 0 Å². The predicted molar refractivity (Wildman–Crippen MR) is 214 cm³/mol. The van der Waals surface area contributed by atoms with E-state index in [2.05, 4.69) is 112 Å². The van der Waals surface area contributed by atoms with Crippen LogP contribution in [0.5, 0.6) is 0 Å². The monoisotopic (exact) mass is 661 g/mol. The van der Waals surface area contributed by atoms with Crippen LogP contribution >= 0.6 is 0 Å². The number of rotatable bonds is 4. The second-order valence-corrected chi connectivity index (χ2v) is 13.6. The zero-order chi connectivity index (χ0) is 33.9. The van der Waals surface area contributed by atoms with Crippen LogP contribution in [0.3, 0.4) is 0 Å². The molecule has 12 rings (SSSR count). The molecule has 0 saturated carbocycles. The van der Waals surface area contributed by atoms with E-state index in [1.54, 1.807) is 0 Å². The molecule has 0 amide bonds. The number of aromatic nitrogens is 5. The summed E-state index contributed by atoms with van der Waals surface area (Å²) in [6.07, 6.45) is 0. The molecule has 0 radical (unpaired) electrons. The van der Waals surface area contributed by atoms with Crippen molar-refractivity contribution in [2.45, 2.75) is 0 Å². The number of hydrogen-bond acceptors (Lipinski definition) is 3. The highest BCUT2D eigenvalue weighted by Gasteiger charge is 2.24. The van der Waals surface area contributed by atoms with E-state index in [4.69, 9.17) is 15.0 Å². The maximum Gasteiger partial charge on any atom is 0.164 e. The van der Waals surface area contributed by atoms with E-state index in [1.165, 1.54) is 70.7 Å². The Kier molecular flexibility index (Phi) is 5.44. The Hall–Kier alpha value is -7.11. The third kappa shape index (κ3) is 3.69. The molecule has 0 unspecified atom stereocenters. The predicted octanol–water partition coefficient (Wildman–Crippen LogP) is 11.7. The minimum absolute atomic E-state index is 0.640. The number of hydrogen-bond donors (Lipinski definition) is 0. The van der Waals surface area contributed by atoms with E-state index < -0.39 is 0 Å². The van der Waals surface area contributed by atoms with Crippen molar-refractivity contribution in [2.75, 3.05) is 0 Å². The van der Waals surface area contributed by atoms with Crippen molar-refractivity contribution >= 4 is 70.7 Å². The summed E-state index contributed by atoms with van der Waals surface area (Å²) in [4.78, 5) is 15.0. The van der Waals surface area contributed by atoms with Crippen molar-refractivity contribution < 1.29 is 0 Å². The summed E-state index contributed by atoms with van der Waals surface area (Å²) in [5.74, 6) is 1.94. The van der Waals surface area contributed by atoms with E-state index in [0.717, 1.165) is 22.4 Å². The van der Waals surface area contributed by atoms with Crippen molar-refractivity contribution in [1.82, 2.24) is 23.9 Å². The van der Waals surface area contributed by atoms with E-state index in [9.17, 15) is 0 Å². The normalized spacial score (nSPS) is 12.2. The van der Waals surface area contributed by atoms with Gasteiger partial charge in [0, 0.05) is 54.7 Å². The highest BCUT2D eigenvalue weighted by Crippen LogP contribution is 2.47. The fourth-order valence-corrected chi connectivity index (χ4v) is 8.65. The summed E-state index contributed by atoms with van der Waals surface area (Å²) in [5, 5.41) is 10.2. The van der Waals surface area contributed by atoms with Crippen molar-refractivity contribution in [3.63, 3.8) is 0 Å². The van der Waals surface area contributed by atoms with Crippen LogP contribution in [0.25, 0.3) is 111 Å². The average molecular weight is 662 g/mol. The van der Waals surface area contributed by atoms with Gasteiger partial charge in [0.05, 0.1) is 27.6 Å². The molecule has 8 aromatic carbocycles. The lowest BCUT2D eigenvalue weighted by atomic mass is 9.98. The molecular formula is C47H27N5. The van der Waals surface area contributed by atoms with Crippen molar-refractivity contribution in [3.8, 4) is 39.9 Å². The van der Waals surface area contributed by atoms with Gasteiger partial charge in [-0.15, -0.1) is 0 Å². The van der Waals surface area contributed by atoms with E-state index in [1.807, 2.05) is 60.7 Å². The lowest BCUT2D eigenvalue weighted by Gasteiger charge is -2.12. The molecule has 4 heterocycles. The van der Waals surface area contributed by atoms with Gasteiger partial charge in [-0.05, 0) is 47.2 Å². The van der Waals surface area contributed by atoms with Gasteiger partial charge >= 0.3 is 0 Å². The summed E-state index contributed by atoms with van der Waals surface area (Å²) >= 11 is 0. The Bertz CT molecular complexity index is 3280. The Morgan fingerprint density at radius 1 is 0.346 bits per heavy atom. The van der Waals surface area contributed by atoms with Gasteiger partial charge in [0.1, 0.15) is 0 Å². The molecule has 12 aromatic rings. The molecule has 0 aliphatic heterocycles. The maximum absolute atomic E-state index is 5.06. The first-order valence-corrected chi connectivity index (χ1v) is 17.6. The van der Waals surface area contributed by atoms with Crippen LogP contribution in [0.1, 0.15) is 0 Å². The molecule has 0 fully saturated rings. The second kappa shape index (κ2) is 10.2. The SMILES string of the molecule is c1ccc(-c2nc(-c3ccccc3)nc(-c3cccc(-n4c5ccc6cccc7c6c5c5c6c(ccc8c9ccccc9n7c86)ccc54)c3)n2)cc1. The first-order valence-electron chi connectivity index (χ1n) is 17.6. The molecule has 0 aliphatic rings. The molecule has 5 nitrogen and oxygen atoms in total. The molecule has 0 atom stereocenters. The Morgan fingerprint density at radius 2 is 0.904 bits per heavy atom. The largest absolute Gasteiger partial charge is 0.309 e. The molecule has 52 heavy (non-hydrogen) atoms. The van der Waals surface area contributed by atoms with Gasteiger partial charge in [-0.1, -0.05) is 127 Å². The fraction of sp³-hybridized carbons (Fsp3) is 0. The molecule has 5 heteroatoms. The molecular weight excluding hydrogens is 635 g/mol. The van der Waals surface area contributed by atoms with Crippen LogP contribution in [0, 0.1) is 0 Å². The average Bonchev–Trinajstić information content (AvgIpc) is 3.70. The first kappa shape index (κ1) is 27.7. The summed E-state index contributed by atoms with van der Waals surface area (Å²) in [7, 11) is 0. The molecule has 0 bridgehead atoms. The number of benzene rings is 8. The molecule has 0 saturated heterocycles. The summed E-state index contributed by atoms with van der Waals surface area (Å²) in [6, 6.07) is 58.2. The number of nitrogens with zero attached hydrogens (tertiary/aromatic N) is 5. The van der Waals surface area contributed by atoms with Crippen LogP contribution in [0.15, 0.2) is 164 Å². The van der Waals surface area contributed by atoms with Gasteiger partial charge in [0.2, 0.25) is 0 Å². The fourth-order valence-electron chi connectivity index (χ4n) is 8.65. The van der Waals surface area contributed by atoms with Gasteiger partial charge in [-0.25, -0.2) is 15.0 Å². The molecule has 240 valence electrons. The van der Waals surface area contributed by atoms with Gasteiger partial charge in [-0.2, -0.15) is 0 Å². The summed E-state index contributed by atoms with van der Waals surface area (Å²) in [5.41, 5.74) is 9.98. The molecule has 0 aliphatic carbocycles. The highest BCUT2D eigenvalue weighted by atomic mass is 15.0. The van der Waals surface area contributed by atoms with Crippen molar-refractivity contribution in [1.29, 1.82) is 0 Å². The quantitative estimate of drug-likeness (QED) is 0.189. The molecule has 0 spiro atoms. The van der Waals surface area contributed by atoms with Crippen LogP contribution in [0.2, 0.25) is 0 Å². The number of para-hydroxylation sites is 1. The van der Waals surface area contributed by atoms with E-state index >= 15 is 0 Å². The van der Waals surface area contributed by atoms with E-state index in [0.29, 0.717) is 17.5 Å². The highest BCUT2D eigenvalue weighted by molar-refractivity contribution is 6.37. The van der Waals surface area contributed by atoms with Gasteiger partial charge < -0.3 is 8.97 Å². The molecule has 0 N–H and O–H groups in total. The van der Waals surface area contributed by atoms with Gasteiger partial charge in [-0.3, -0.25) is 0 Å². The lowest BCUT2D eigenvalue weighted by molar-refractivity contribution is 1.07. The summed E-state index contributed by atoms with van der Waals surface area (Å²) < 4.78 is 4.94. The van der Waals surface area contributed by atoms with E-state index in [-0.39, 0.29) is 0 Å². The Labute approximate surface area is 297 Å².